The van der Waals surface area contributed by atoms with Crippen LogP contribution in [0.15, 0.2) is 4.34 Å². The number of nitrogens with zero attached hydrogens (tertiary/aromatic N) is 4. The van der Waals surface area contributed by atoms with Gasteiger partial charge in [-0.1, -0.05) is 58.5 Å². The first-order valence-corrected chi connectivity index (χ1v) is 9.46. The van der Waals surface area contributed by atoms with E-state index in [0.717, 1.165) is 15.2 Å². The van der Waals surface area contributed by atoms with Crippen molar-refractivity contribution < 1.29 is 0 Å². The zero-order chi connectivity index (χ0) is 13.8. The number of halogens is 1. The third kappa shape index (κ3) is 3.81. The summed E-state index contributed by atoms with van der Waals surface area (Å²) >= 11 is 10.4. The molecule has 2 aromatic heterocycles. The average Bonchev–Trinajstić information content (AvgIpc) is 3.07. The molecule has 0 radical (unpaired) electrons. The van der Waals surface area contributed by atoms with Gasteiger partial charge in [0, 0.05) is 23.3 Å². The predicted octanol–water partition coefficient (Wildman–Crippen LogP) is 4.08. The molecule has 1 fully saturated rings. The molecule has 1 saturated carbocycles. The van der Waals surface area contributed by atoms with Crippen LogP contribution >= 0.6 is 46.2 Å². The lowest BCUT2D eigenvalue weighted by Gasteiger charge is -2.21. The van der Waals surface area contributed by atoms with Gasteiger partial charge in [-0.2, -0.15) is 0 Å². The Kier molecular flexibility index (Phi) is 5.09. The topological polar surface area (TPSA) is 63.6 Å². The van der Waals surface area contributed by atoms with Crippen molar-refractivity contribution in [2.75, 3.05) is 5.32 Å². The van der Waals surface area contributed by atoms with E-state index in [9.17, 15) is 0 Å². The molecule has 2 heterocycles. The van der Waals surface area contributed by atoms with Crippen LogP contribution in [-0.2, 0) is 5.75 Å². The normalized spacial score (nSPS) is 16.4. The highest BCUT2D eigenvalue weighted by molar-refractivity contribution is 8.00. The molecule has 0 unspecified atom stereocenters. The molecule has 3 rings (SSSR count). The minimum atomic E-state index is 0.562. The molecule has 1 aliphatic rings. The lowest BCUT2D eigenvalue weighted by Crippen LogP contribution is -2.21. The van der Waals surface area contributed by atoms with E-state index in [1.165, 1.54) is 43.6 Å². The first-order chi connectivity index (χ1) is 9.81. The van der Waals surface area contributed by atoms with E-state index in [4.69, 9.17) is 11.6 Å². The largest absolute Gasteiger partial charge is 0.357 e. The van der Waals surface area contributed by atoms with Crippen LogP contribution in [0.2, 0.25) is 4.34 Å². The molecular weight excluding hydrogens is 334 g/mol. The number of anilines is 1. The molecule has 108 valence electrons. The number of hydrogen-bond acceptors (Lipinski definition) is 8. The molecule has 20 heavy (non-hydrogen) atoms. The van der Waals surface area contributed by atoms with Crippen molar-refractivity contribution in [1.82, 2.24) is 19.8 Å². The Bertz CT molecular complexity index is 552. The van der Waals surface area contributed by atoms with Gasteiger partial charge in [-0.05, 0) is 12.8 Å². The maximum Gasteiger partial charge on any atom is 0.206 e. The molecule has 9 heteroatoms. The highest BCUT2D eigenvalue weighted by atomic mass is 35.5. The van der Waals surface area contributed by atoms with Crippen LogP contribution in [0.4, 0.5) is 5.13 Å². The Hall–Kier alpha value is -0.440. The van der Waals surface area contributed by atoms with E-state index >= 15 is 0 Å². The van der Waals surface area contributed by atoms with E-state index in [-0.39, 0.29) is 0 Å². The standard InChI is InChI=1S/C11H14ClN5S3/c12-9-8(14-17-20-9)6-18-11-16-15-10(19-11)13-7-4-2-1-3-5-7/h7H,1-6H2,(H,13,15). The monoisotopic (exact) mass is 347 g/mol. The smallest absolute Gasteiger partial charge is 0.206 e. The van der Waals surface area contributed by atoms with Crippen LogP contribution in [0, 0.1) is 0 Å². The maximum absolute atomic E-state index is 5.98. The average molecular weight is 348 g/mol. The molecule has 0 aromatic carbocycles. The van der Waals surface area contributed by atoms with Gasteiger partial charge < -0.3 is 5.32 Å². The molecule has 1 N–H and O–H groups in total. The Morgan fingerprint density at radius 3 is 2.80 bits per heavy atom. The number of hydrogen-bond donors (Lipinski definition) is 1. The van der Waals surface area contributed by atoms with Gasteiger partial charge in [0.1, 0.15) is 10.0 Å². The van der Waals surface area contributed by atoms with Gasteiger partial charge in [0.2, 0.25) is 5.13 Å². The van der Waals surface area contributed by atoms with Crippen molar-refractivity contribution in [3.63, 3.8) is 0 Å². The third-order valence-electron chi connectivity index (χ3n) is 3.18. The quantitative estimate of drug-likeness (QED) is 0.822. The summed E-state index contributed by atoms with van der Waals surface area (Å²) in [5, 5.41) is 16.8. The molecule has 0 bridgehead atoms. The van der Waals surface area contributed by atoms with E-state index in [0.29, 0.717) is 16.1 Å². The summed E-state index contributed by atoms with van der Waals surface area (Å²) in [6, 6.07) is 0.562. The van der Waals surface area contributed by atoms with Crippen LogP contribution in [0.1, 0.15) is 37.8 Å². The molecule has 0 atom stereocenters. The molecule has 0 amide bonds. The number of thioether (sulfide) groups is 1. The molecule has 0 spiro atoms. The van der Waals surface area contributed by atoms with Crippen LogP contribution in [-0.4, -0.2) is 25.8 Å². The van der Waals surface area contributed by atoms with Gasteiger partial charge >= 0.3 is 0 Å². The van der Waals surface area contributed by atoms with Gasteiger partial charge in [-0.15, -0.1) is 15.3 Å². The van der Waals surface area contributed by atoms with Gasteiger partial charge in [-0.25, -0.2) is 0 Å². The highest BCUT2D eigenvalue weighted by Gasteiger charge is 2.15. The Morgan fingerprint density at radius 2 is 2.05 bits per heavy atom. The highest BCUT2D eigenvalue weighted by Crippen LogP contribution is 2.31. The van der Waals surface area contributed by atoms with Crippen LogP contribution in [0.25, 0.3) is 0 Å². The SMILES string of the molecule is Clc1snnc1CSc1nnc(NC2CCCCC2)s1. The van der Waals surface area contributed by atoms with Gasteiger partial charge in [0.25, 0.3) is 0 Å². The lowest BCUT2D eigenvalue weighted by atomic mass is 9.96. The molecule has 2 aromatic rings. The number of nitrogens with one attached hydrogen (secondary N) is 1. The summed E-state index contributed by atoms with van der Waals surface area (Å²) in [6.45, 7) is 0. The summed E-state index contributed by atoms with van der Waals surface area (Å²) < 4.78 is 5.41. The van der Waals surface area contributed by atoms with Gasteiger partial charge in [0.15, 0.2) is 4.34 Å². The van der Waals surface area contributed by atoms with Crippen LogP contribution in [0.3, 0.4) is 0 Å². The number of aromatic nitrogens is 4. The van der Waals surface area contributed by atoms with E-state index < -0.39 is 0 Å². The zero-order valence-electron chi connectivity index (χ0n) is 10.7. The van der Waals surface area contributed by atoms with E-state index in [2.05, 4.69) is 25.1 Å². The van der Waals surface area contributed by atoms with Gasteiger partial charge in [0.05, 0.1) is 0 Å². The first-order valence-electron chi connectivity index (χ1n) is 6.51. The second kappa shape index (κ2) is 7.02. The predicted molar refractivity (Wildman–Crippen MR) is 84.9 cm³/mol. The first kappa shape index (κ1) is 14.5. The zero-order valence-corrected chi connectivity index (χ0v) is 13.9. The van der Waals surface area contributed by atoms with Crippen LogP contribution in [0.5, 0.6) is 0 Å². The summed E-state index contributed by atoms with van der Waals surface area (Å²) in [4.78, 5) is 0. The minimum absolute atomic E-state index is 0.562. The van der Waals surface area contributed by atoms with Crippen molar-refractivity contribution in [3.05, 3.63) is 10.0 Å². The van der Waals surface area contributed by atoms with E-state index in [1.807, 2.05) is 0 Å². The minimum Gasteiger partial charge on any atom is -0.357 e. The van der Waals surface area contributed by atoms with Crippen molar-refractivity contribution in [2.45, 2.75) is 48.2 Å². The Balaban J connectivity index is 1.52. The van der Waals surface area contributed by atoms with Crippen molar-refractivity contribution >= 4 is 51.4 Å². The second-order valence-corrected chi connectivity index (χ2v) is 8.19. The molecular formula is C11H14ClN5S3. The van der Waals surface area contributed by atoms with Crippen LogP contribution < -0.4 is 5.32 Å². The number of rotatable bonds is 5. The summed E-state index contributed by atoms with van der Waals surface area (Å²) in [5.41, 5.74) is 0.818. The van der Waals surface area contributed by atoms with E-state index in [1.54, 1.807) is 23.1 Å². The summed E-state index contributed by atoms with van der Waals surface area (Å²) in [6.07, 6.45) is 6.46. The molecule has 1 aliphatic carbocycles. The second-order valence-electron chi connectivity index (χ2n) is 4.63. The van der Waals surface area contributed by atoms with Crippen molar-refractivity contribution in [3.8, 4) is 0 Å². The Morgan fingerprint density at radius 1 is 1.20 bits per heavy atom. The lowest BCUT2D eigenvalue weighted by molar-refractivity contribution is 0.462. The van der Waals surface area contributed by atoms with Gasteiger partial charge in [-0.3, -0.25) is 0 Å². The summed E-state index contributed by atoms with van der Waals surface area (Å²) in [5.74, 6) is 0.688. The summed E-state index contributed by atoms with van der Waals surface area (Å²) in [7, 11) is 0. The maximum atomic E-state index is 5.98. The molecule has 5 nitrogen and oxygen atoms in total. The molecule has 0 saturated heterocycles. The third-order valence-corrected chi connectivity index (χ3v) is 6.16. The fraction of sp³-hybridized carbons (Fsp3) is 0.636. The fourth-order valence-electron chi connectivity index (χ4n) is 2.16. The molecule has 0 aliphatic heterocycles. The fourth-order valence-corrected chi connectivity index (χ4v) is 4.72. The van der Waals surface area contributed by atoms with Crippen molar-refractivity contribution in [2.24, 2.45) is 0 Å². The van der Waals surface area contributed by atoms with Crippen molar-refractivity contribution in [1.29, 1.82) is 0 Å². The Labute approximate surface area is 134 Å².